The predicted molar refractivity (Wildman–Crippen MR) is 75.9 cm³/mol. The highest BCUT2D eigenvalue weighted by Crippen LogP contribution is 1.99. The molecule has 0 aliphatic rings. The van der Waals surface area contributed by atoms with Crippen molar-refractivity contribution in [3.05, 3.63) is 18.5 Å². The van der Waals surface area contributed by atoms with E-state index in [0.29, 0.717) is 26.0 Å². The van der Waals surface area contributed by atoms with Crippen LogP contribution in [0, 0.1) is 0 Å². The molecule has 0 aliphatic carbocycles. The largest absolute Gasteiger partial charge is 0.480 e. The summed E-state index contributed by atoms with van der Waals surface area (Å²) in [6.07, 6.45) is 4.34. The minimum Gasteiger partial charge on any atom is -0.480 e. The number of nitrogens with one attached hydrogen (secondary N) is 2. The lowest BCUT2D eigenvalue weighted by molar-refractivity contribution is -0.139. The summed E-state index contributed by atoms with van der Waals surface area (Å²) < 4.78 is 6.56. The maximum absolute atomic E-state index is 11.8. The number of aromatic nitrogens is 2. The van der Waals surface area contributed by atoms with Gasteiger partial charge in [0.25, 0.3) is 0 Å². The zero-order valence-electron chi connectivity index (χ0n) is 12.3. The second kappa shape index (κ2) is 8.96. The number of ether oxygens (including phenoxy) is 1. The van der Waals surface area contributed by atoms with E-state index in [4.69, 9.17) is 9.84 Å². The average molecular weight is 298 g/mol. The fourth-order valence-electron chi connectivity index (χ4n) is 1.85. The first kappa shape index (κ1) is 17.0. The first-order chi connectivity index (χ1) is 10.0. The standard InChI is InChI=1S/C13H22N4O4/c1-10(9-17-7-4-6-14-17)15-13(20)16-11(12(18)19)5-3-8-21-2/h4,6-7,10-11H,3,5,8-9H2,1-2H3,(H,18,19)(H2,15,16,20). The van der Waals surface area contributed by atoms with Crippen LogP contribution in [-0.2, 0) is 16.1 Å². The zero-order chi connectivity index (χ0) is 15.7. The Hall–Kier alpha value is -2.09. The summed E-state index contributed by atoms with van der Waals surface area (Å²) in [5.41, 5.74) is 0. The van der Waals surface area contributed by atoms with Gasteiger partial charge in [-0.2, -0.15) is 5.10 Å². The van der Waals surface area contributed by atoms with E-state index < -0.39 is 18.0 Å². The molecule has 8 heteroatoms. The molecule has 21 heavy (non-hydrogen) atoms. The molecule has 2 unspecified atom stereocenters. The molecular weight excluding hydrogens is 276 g/mol. The Kier molecular flexibility index (Phi) is 7.24. The molecule has 2 amide bonds. The highest BCUT2D eigenvalue weighted by Gasteiger charge is 2.20. The van der Waals surface area contributed by atoms with Crippen LogP contribution < -0.4 is 10.6 Å². The highest BCUT2D eigenvalue weighted by molar-refractivity contribution is 5.82. The van der Waals surface area contributed by atoms with E-state index in [2.05, 4.69) is 15.7 Å². The zero-order valence-corrected chi connectivity index (χ0v) is 12.3. The average Bonchev–Trinajstić information content (AvgIpc) is 2.90. The van der Waals surface area contributed by atoms with Crippen molar-refractivity contribution in [1.82, 2.24) is 20.4 Å². The number of rotatable bonds is 9. The van der Waals surface area contributed by atoms with E-state index in [9.17, 15) is 9.59 Å². The fraction of sp³-hybridized carbons (Fsp3) is 0.615. The minimum absolute atomic E-state index is 0.168. The Morgan fingerprint density at radius 1 is 1.43 bits per heavy atom. The Bertz CT molecular complexity index is 435. The molecule has 0 fully saturated rings. The van der Waals surface area contributed by atoms with Gasteiger partial charge in [0.05, 0.1) is 6.54 Å². The first-order valence-corrected chi connectivity index (χ1v) is 6.79. The highest BCUT2D eigenvalue weighted by atomic mass is 16.5. The molecule has 0 saturated carbocycles. The molecule has 0 spiro atoms. The van der Waals surface area contributed by atoms with Gasteiger partial charge in [0.2, 0.25) is 0 Å². The van der Waals surface area contributed by atoms with Crippen LogP contribution in [0.25, 0.3) is 0 Å². The van der Waals surface area contributed by atoms with Gasteiger partial charge in [-0.05, 0) is 25.8 Å². The maximum atomic E-state index is 11.8. The van der Waals surface area contributed by atoms with E-state index in [0.717, 1.165) is 0 Å². The number of urea groups is 1. The Morgan fingerprint density at radius 2 is 2.19 bits per heavy atom. The summed E-state index contributed by atoms with van der Waals surface area (Å²) in [5.74, 6) is -1.05. The number of nitrogens with zero attached hydrogens (tertiary/aromatic N) is 2. The number of aliphatic carboxylic acids is 1. The molecule has 0 saturated heterocycles. The molecule has 118 valence electrons. The van der Waals surface area contributed by atoms with Crippen LogP contribution in [-0.4, -0.2) is 52.7 Å². The maximum Gasteiger partial charge on any atom is 0.326 e. The quantitative estimate of drug-likeness (QED) is 0.574. The van der Waals surface area contributed by atoms with Crippen LogP contribution in [0.2, 0.25) is 0 Å². The molecule has 0 radical (unpaired) electrons. The molecule has 0 aromatic carbocycles. The number of hydrogen-bond acceptors (Lipinski definition) is 4. The van der Waals surface area contributed by atoms with Crippen LogP contribution in [0.1, 0.15) is 19.8 Å². The van der Waals surface area contributed by atoms with Crippen molar-refractivity contribution in [2.45, 2.75) is 38.4 Å². The van der Waals surface area contributed by atoms with Crippen LogP contribution in [0.15, 0.2) is 18.5 Å². The normalized spacial score (nSPS) is 13.4. The van der Waals surface area contributed by atoms with Gasteiger partial charge >= 0.3 is 12.0 Å². The summed E-state index contributed by atoms with van der Waals surface area (Å²) in [6.45, 7) is 2.80. The SMILES string of the molecule is COCCCC(NC(=O)NC(C)Cn1cccn1)C(=O)O. The van der Waals surface area contributed by atoms with Gasteiger partial charge < -0.3 is 20.5 Å². The number of carbonyl (C=O) groups excluding carboxylic acids is 1. The van der Waals surface area contributed by atoms with Gasteiger partial charge in [-0.3, -0.25) is 4.68 Å². The predicted octanol–water partition coefficient (Wildman–Crippen LogP) is 0.451. The number of carbonyl (C=O) groups is 2. The molecule has 8 nitrogen and oxygen atoms in total. The van der Waals surface area contributed by atoms with E-state index in [1.54, 1.807) is 30.3 Å². The number of hydrogen-bond donors (Lipinski definition) is 3. The monoisotopic (exact) mass is 298 g/mol. The number of carboxylic acid groups (broad SMARTS) is 1. The molecule has 0 aliphatic heterocycles. The van der Waals surface area contributed by atoms with Crippen molar-refractivity contribution >= 4 is 12.0 Å². The third-order valence-electron chi connectivity index (χ3n) is 2.84. The van der Waals surface area contributed by atoms with Gasteiger partial charge in [-0.15, -0.1) is 0 Å². The van der Waals surface area contributed by atoms with Crippen molar-refractivity contribution in [2.75, 3.05) is 13.7 Å². The molecule has 1 aromatic rings. The van der Waals surface area contributed by atoms with Crippen molar-refractivity contribution in [2.24, 2.45) is 0 Å². The molecule has 1 aromatic heterocycles. The van der Waals surface area contributed by atoms with Crippen LogP contribution in [0.3, 0.4) is 0 Å². The first-order valence-electron chi connectivity index (χ1n) is 6.79. The third kappa shape index (κ3) is 6.75. The smallest absolute Gasteiger partial charge is 0.326 e. The summed E-state index contributed by atoms with van der Waals surface area (Å²) >= 11 is 0. The fourth-order valence-corrected chi connectivity index (χ4v) is 1.85. The van der Waals surface area contributed by atoms with E-state index in [1.807, 2.05) is 6.92 Å². The van der Waals surface area contributed by atoms with Gasteiger partial charge in [-0.25, -0.2) is 9.59 Å². The summed E-state index contributed by atoms with van der Waals surface area (Å²) in [5, 5.41) is 18.2. The lowest BCUT2D eigenvalue weighted by atomic mass is 10.1. The van der Waals surface area contributed by atoms with Crippen molar-refractivity contribution < 1.29 is 19.4 Å². The Balaban J connectivity index is 2.36. The molecular formula is C13H22N4O4. The van der Waals surface area contributed by atoms with E-state index in [-0.39, 0.29) is 6.04 Å². The second-order valence-electron chi connectivity index (χ2n) is 4.77. The van der Waals surface area contributed by atoms with Crippen molar-refractivity contribution in [3.8, 4) is 0 Å². The minimum atomic E-state index is -1.05. The van der Waals surface area contributed by atoms with Gasteiger partial charge in [-0.1, -0.05) is 0 Å². The summed E-state index contributed by atoms with van der Waals surface area (Å²) in [4.78, 5) is 22.9. The van der Waals surface area contributed by atoms with Gasteiger partial charge in [0.1, 0.15) is 6.04 Å². The topological polar surface area (TPSA) is 105 Å². The lowest BCUT2D eigenvalue weighted by Crippen LogP contribution is -2.49. The lowest BCUT2D eigenvalue weighted by Gasteiger charge is -2.18. The molecule has 3 N–H and O–H groups in total. The third-order valence-corrected chi connectivity index (χ3v) is 2.84. The number of amides is 2. The van der Waals surface area contributed by atoms with Crippen LogP contribution >= 0.6 is 0 Å². The summed E-state index contributed by atoms with van der Waals surface area (Å²) in [7, 11) is 1.55. The van der Waals surface area contributed by atoms with Gasteiger partial charge in [0.15, 0.2) is 0 Å². The number of methoxy groups -OCH3 is 1. The van der Waals surface area contributed by atoms with Gasteiger partial charge in [0, 0.05) is 32.2 Å². The molecule has 0 bridgehead atoms. The van der Waals surface area contributed by atoms with E-state index in [1.165, 1.54) is 0 Å². The number of carboxylic acids is 1. The molecule has 2 atom stereocenters. The van der Waals surface area contributed by atoms with Crippen LogP contribution in [0.4, 0.5) is 4.79 Å². The summed E-state index contributed by atoms with van der Waals surface area (Å²) in [6, 6.07) is 0.207. The molecule has 1 heterocycles. The Morgan fingerprint density at radius 3 is 2.76 bits per heavy atom. The van der Waals surface area contributed by atoms with Crippen LogP contribution in [0.5, 0.6) is 0 Å². The van der Waals surface area contributed by atoms with Crippen molar-refractivity contribution in [3.63, 3.8) is 0 Å². The second-order valence-corrected chi connectivity index (χ2v) is 4.77. The van der Waals surface area contributed by atoms with E-state index >= 15 is 0 Å². The Labute approximate surface area is 123 Å². The molecule has 1 rings (SSSR count). The van der Waals surface area contributed by atoms with Crippen molar-refractivity contribution in [1.29, 1.82) is 0 Å².